The number of likely N-dealkylation sites (N-methyl/N-ethyl adjacent to an activating group) is 1. The molecule has 0 heterocycles. The average molecular weight is 264 g/mol. The Morgan fingerprint density at radius 2 is 1.84 bits per heavy atom. The standard InChI is InChI=1S/C16H28N2O/c1-5-15-6-8-16(9-7-15)14(2)17-10-12-19-13-11-18(3)4/h6-9,14,17H,5,10-13H2,1-4H3. The van der Waals surface area contributed by atoms with Crippen LogP contribution in [-0.2, 0) is 11.2 Å². The highest BCUT2D eigenvalue weighted by Crippen LogP contribution is 2.13. The van der Waals surface area contributed by atoms with Gasteiger partial charge in [-0.05, 0) is 38.6 Å². The van der Waals surface area contributed by atoms with Gasteiger partial charge in [0.2, 0.25) is 0 Å². The van der Waals surface area contributed by atoms with Gasteiger partial charge < -0.3 is 15.0 Å². The van der Waals surface area contributed by atoms with E-state index in [4.69, 9.17) is 4.74 Å². The number of rotatable bonds is 9. The van der Waals surface area contributed by atoms with E-state index in [-0.39, 0.29) is 0 Å². The fourth-order valence-electron chi connectivity index (χ4n) is 1.86. The van der Waals surface area contributed by atoms with Crippen molar-refractivity contribution in [3.63, 3.8) is 0 Å². The number of nitrogens with one attached hydrogen (secondary N) is 1. The van der Waals surface area contributed by atoms with Crippen LogP contribution in [0.15, 0.2) is 24.3 Å². The van der Waals surface area contributed by atoms with Crippen LogP contribution in [0.25, 0.3) is 0 Å². The van der Waals surface area contributed by atoms with Crippen LogP contribution in [0, 0.1) is 0 Å². The maximum absolute atomic E-state index is 5.56. The molecular weight excluding hydrogens is 236 g/mol. The zero-order valence-electron chi connectivity index (χ0n) is 12.8. The number of hydrogen-bond acceptors (Lipinski definition) is 3. The molecule has 19 heavy (non-hydrogen) atoms. The maximum Gasteiger partial charge on any atom is 0.0593 e. The Balaban J connectivity index is 2.17. The van der Waals surface area contributed by atoms with E-state index in [2.05, 4.69) is 62.4 Å². The first-order valence-electron chi connectivity index (χ1n) is 7.18. The van der Waals surface area contributed by atoms with Gasteiger partial charge in [-0.2, -0.15) is 0 Å². The maximum atomic E-state index is 5.56. The third-order valence-electron chi connectivity index (χ3n) is 3.27. The number of benzene rings is 1. The van der Waals surface area contributed by atoms with Crippen molar-refractivity contribution in [3.05, 3.63) is 35.4 Å². The van der Waals surface area contributed by atoms with Crippen molar-refractivity contribution in [1.29, 1.82) is 0 Å². The Morgan fingerprint density at radius 3 is 2.42 bits per heavy atom. The highest BCUT2D eigenvalue weighted by Gasteiger charge is 2.03. The molecule has 0 aliphatic heterocycles. The molecular formula is C16H28N2O. The lowest BCUT2D eigenvalue weighted by Gasteiger charge is -2.15. The minimum absolute atomic E-state index is 0.378. The topological polar surface area (TPSA) is 24.5 Å². The highest BCUT2D eigenvalue weighted by molar-refractivity contribution is 5.24. The summed E-state index contributed by atoms with van der Waals surface area (Å²) in [7, 11) is 4.12. The molecule has 0 saturated heterocycles. The summed E-state index contributed by atoms with van der Waals surface area (Å²) in [5, 5.41) is 3.49. The van der Waals surface area contributed by atoms with Gasteiger partial charge in [0.15, 0.2) is 0 Å². The Kier molecular flexibility index (Phi) is 7.72. The first-order valence-corrected chi connectivity index (χ1v) is 7.18. The second kappa shape index (κ2) is 9.08. The molecule has 1 N–H and O–H groups in total. The van der Waals surface area contributed by atoms with E-state index in [1.165, 1.54) is 11.1 Å². The normalized spacial score (nSPS) is 12.9. The molecule has 1 rings (SSSR count). The molecule has 0 aliphatic carbocycles. The monoisotopic (exact) mass is 264 g/mol. The molecule has 0 bridgehead atoms. The molecule has 1 unspecified atom stereocenters. The Bertz CT molecular complexity index is 335. The SMILES string of the molecule is CCc1ccc(C(C)NCCOCCN(C)C)cc1. The van der Waals surface area contributed by atoms with Crippen molar-refractivity contribution >= 4 is 0 Å². The quantitative estimate of drug-likeness (QED) is 0.694. The van der Waals surface area contributed by atoms with Gasteiger partial charge in [-0.25, -0.2) is 0 Å². The van der Waals surface area contributed by atoms with Crippen molar-refractivity contribution in [1.82, 2.24) is 10.2 Å². The van der Waals surface area contributed by atoms with Crippen LogP contribution in [0.3, 0.4) is 0 Å². The molecule has 1 atom stereocenters. The Labute approximate surface area is 118 Å². The van der Waals surface area contributed by atoms with Gasteiger partial charge in [0.1, 0.15) is 0 Å². The third kappa shape index (κ3) is 6.71. The molecule has 1 aromatic carbocycles. The molecule has 0 spiro atoms. The lowest BCUT2D eigenvalue weighted by molar-refractivity contribution is 0.118. The largest absolute Gasteiger partial charge is 0.379 e. The first kappa shape index (κ1) is 16.2. The van der Waals surface area contributed by atoms with Gasteiger partial charge in [0, 0.05) is 19.1 Å². The van der Waals surface area contributed by atoms with E-state index in [1.807, 2.05) is 0 Å². The van der Waals surface area contributed by atoms with E-state index >= 15 is 0 Å². The summed E-state index contributed by atoms with van der Waals surface area (Å²) in [5.74, 6) is 0. The van der Waals surface area contributed by atoms with Crippen molar-refractivity contribution in [3.8, 4) is 0 Å². The summed E-state index contributed by atoms with van der Waals surface area (Å²) in [6.45, 7) is 7.82. The van der Waals surface area contributed by atoms with E-state index < -0.39 is 0 Å². The summed E-state index contributed by atoms with van der Waals surface area (Å²) in [5.41, 5.74) is 2.73. The molecule has 0 aromatic heterocycles. The van der Waals surface area contributed by atoms with Crippen LogP contribution in [0.1, 0.15) is 31.0 Å². The van der Waals surface area contributed by atoms with Crippen LogP contribution in [0.2, 0.25) is 0 Å². The number of nitrogens with zero attached hydrogens (tertiary/aromatic N) is 1. The molecule has 108 valence electrons. The first-order chi connectivity index (χ1) is 9.13. The minimum Gasteiger partial charge on any atom is -0.379 e. The van der Waals surface area contributed by atoms with E-state index in [0.29, 0.717) is 6.04 Å². The summed E-state index contributed by atoms with van der Waals surface area (Å²) >= 11 is 0. The fourth-order valence-corrected chi connectivity index (χ4v) is 1.86. The second-order valence-electron chi connectivity index (χ2n) is 5.19. The molecule has 0 fully saturated rings. The van der Waals surface area contributed by atoms with Crippen molar-refractivity contribution in [2.75, 3.05) is 40.4 Å². The van der Waals surface area contributed by atoms with Crippen LogP contribution < -0.4 is 5.32 Å². The summed E-state index contributed by atoms with van der Waals surface area (Å²) in [4.78, 5) is 2.13. The van der Waals surface area contributed by atoms with Gasteiger partial charge in [-0.15, -0.1) is 0 Å². The molecule has 1 aromatic rings. The van der Waals surface area contributed by atoms with Crippen LogP contribution in [0.4, 0.5) is 0 Å². The smallest absolute Gasteiger partial charge is 0.0593 e. The Morgan fingerprint density at radius 1 is 1.16 bits per heavy atom. The van der Waals surface area contributed by atoms with E-state index in [9.17, 15) is 0 Å². The fraction of sp³-hybridized carbons (Fsp3) is 0.625. The van der Waals surface area contributed by atoms with Gasteiger partial charge in [-0.1, -0.05) is 31.2 Å². The van der Waals surface area contributed by atoms with Crippen molar-refractivity contribution in [2.24, 2.45) is 0 Å². The zero-order chi connectivity index (χ0) is 14.1. The zero-order valence-corrected chi connectivity index (χ0v) is 12.8. The van der Waals surface area contributed by atoms with E-state index in [1.54, 1.807) is 0 Å². The lowest BCUT2D eigenvalue weighted by Crippen LogP contribution is -2.25. The highest BCUT2D eigenvalue weighted by atomic mass is 16.5. The second-order valence-corrected chi connectivity index (χ2v) is 5.19. The molecule has 0 saturated carbocycles. The lowest BCUT2D eigenvalue weighted by atomic mass is 10.1. The minimum atomic E-state index is 0.378. The molecule has 0 amide bonds. The van der Waals surface area contributed by atoms with Crippen LogP contribution in [0.5, 0.6) is 0 Å². The molecule has 3 nitrogen and oxygen atoms in total. The molecule has 0 radical (unpaired) electrons. The Hall–Kier alpha value is -0.900. The van der Waals surface area contributed by atoms with Crippen LogP contribution in [-0.4, -0.2) is 45.3 Å². The summed E-state index contributed by atoms with van der Waals surface area (Å²) < 4.78 is 5.56. The van der Waals surface area contributed by atoms with Gasteiger partial charge in [0.05, 0.1) is 13.2 Å². The number of ether oxygens (including phenoxy) is 1. The van der Waals surface area contributed by atoms with Gasteiger partial charge >= 0.3 is 0 Å². The number of aryl methyl sites for hydroxylation is 1. The van der Waals surface area contributed by atoms with Gasteiger partial charge in [0.25, 0.3) is 0 Å². The summed E-state index contributed by atoms with van der Waals surface area (Å²) in [6.07, 6.45) is 1.10. The van der Waals surface area contributed by atoms with Crippen LogP contribution >= 0.6 is 0 Å². The third-order valence-corrected chi connectivity index (χ3v) is 3.27. The van der Waals surface area contributed by atoms with Crippen molar-refractivity contribution < 1.29 is 4.74 Å². The molecule has 3 heteroatoms. The summed E-state index contributed by atoms with van der Waals surface area (Å²) in [6, 6.07) is 9.22. The predicted octanol–water partition coefficient (Wildman–Crippen LogP) is 2.48. The number of hydrogen-bond donors (Lipinski definition) is 1. The van der Waals surface area contributed by atoms with Gasteiger partial charge in [-0.3, -0.25) is 0 Å². The predicted molar refractivity (Wildman–Crippen MR) is 81.6 cm³/mol. The van der Waals surface area contributed by atoms with Crippen molar-refractivity contribution in [2.45, 2.75) is 26.3 Å². The van der Waals surface area contributed by atoms with E-state index in [0.717, 1.165) is 32.7 Å². The molecule has 0 aliphatic rings. The average Bonchev–Trinajstić information content (AvgIpc) is 2.42.